The Morgan fingerprint density at radius 1 is 0.935 bits per heavy atom. The van der Waals surface area contributed by atoms with E-state index >= 15 is 0 Å². The number of nitrogens with zero attached hydrogens (tertiary/aromatic N) is 5. The quantitative estimate of drug-likeness (QED) is 0.358. The molecule has 46 heavy (non-hydrogen) atoms. The second-order valence-electron chi connectivity index (χ2n) is 15.4. The molecular weight excluding hydrogens is 574 g/mol. The summed E-state index contributed by atoms with van der Waals surface area (Å²) < 4.78 is 0. The summed E-state index contributed by atoms with van der Waals surface area (Å²) in [5.41, 5.74) is 2.29. The molecule has 0 unspecified atom stereocenters. The van der Waals surface area contributed by atoms with Gasteiger partial charge in [-0.05, 0) is 101 Å². The molecule has 1 N–H and O–H groups in total. The van der Waals surface area contributed by atoms with E-state index in [2.05, 4.69) is 73.3 Å². The van der Waals surface area contributed by atoms with Crippen LogP contribution in [0.5, 0.6) is 0 Å². The highest BCUT2D eigenvalue weighted by Crippen LogP contribution is 2.66. The third-order valence-electron chi connectivity index (χ3n) is 13.4. The molecule has 1 saturated heterocycles. The predicted octanol–water partition coefficient (Wildman–Crippen LogP) is 5.58. The van der Waals surface area contributed by atoms with Crippen molar-refractivity contribution in [2.45, 2.75) is 92.6 Å². The van der Waals surface area contributed by atoms with E-state index in [1.807, 2.05) is 6.08 Å². The summed E-state index contributed by atoms with van der Waals surface area (Å²) >= 11 is 0. The molecule has 6 rings (SSSR count). The van der Waals surface area contributed by atoms with E-state index in [4.69, 9.17) is 4.98 Å². The fourth-order valence-corrected chi connectivity index (χ4v) is 10.8. The zero-order valence-electron chi connectivity index (χ0n) is 29.4. The van der Waals surface area contributed by atoms with Crippen LogP contribution in [-0.2, 0) is 9.59 Å². The number of anilines is 3. The summed E-state index contributed by atoms with van der Waals surface area (Å²) in [5, 5.41) is 11.8. The Balaban J connectivity index is 1.11. The minimum Gasteiger partial charge on any atom is -0.393 e. The van der Waals surface area contributed by atoms with E-state index in [1.165, 1.54) is 11.3 Å². The number of rotatable bonds is 10. The van der Waals surface area contributed by atoms with Crippen LogP contribution in [0.2, 0.25) is 0 Å². The van der Waals surface area contributed by atoms with Gasteiger partial charge in [0.05, 0.1) is 12.6 Å². The Morgan fingerprint density at radius 2 is 1.57 bits per heavy atom. The second-order valence-corrected chi connectivity index (χ2v) is 15.4. The minimum atomic E-state index is -0.409. The minimum absolute atomic E-state index is 0.0252. The molecule has 0 amide bonds. The van der Waals surface area contributed by atoms with Crippen LogP contribution in [0.25, 0.3) is 0 Å². The number of ketones is 2. The van der Waals surface area contributed by atoms with Crippen LogP contribution in [0.15, 0.2) is 23.8 Å². The van der Waals surface area contributed by atoms with Gasteiger partial charge < -0.3 is 19.8 Å². The smallest absolute Gasteiger partial charge is 0.155 e. The number of pyridine rings is 1. The summed E-state index contributed by atoms with van der Waals surface area (Å²) in [7, 11) is 0. The van der Waals surface area contributed by atoms with Crippen LogP contribution in [0.3, 0.4) is 0 Å². The molecule has 1 aliphatic heterocycles. The van der Waals surface area contributed by atoms with Gasteiger partial charge in [-0.25, -0.2) is 4.98 Å². The SMILES string of the molecule is CCN(CC)c1cc(N2CCN(CC(=O)[C@H]3CC[C@H]4[C@@H]5CCC6=CC(=O)CC[C@]6(C)[C@H]5[C@H](O)C[C@]34C)CC2)cc(N(CC)CC)n1. The molecule has 0 spiro atoms. The van der Waals surface area contributed by atoms with Gasteiger partial charge in [0.2, 0.25) is 0 Å². The van der Waals surface area contributed by atoms with E-state index in [0.29, 0.717) is 37.0 Å². The number of aliphatic hydroxyl groups is 1. The Morgan fingerprint density at radius 3 is 2.17 bits per heavy atom. The number of aromatic nitrogens is 1. The van der Waals surface area contributed by atoms with Crippen molar-refractivity contribution in [2.24, 2.45) is 34.5 Å². The maximum atomic E-state index is 14.1. The summed E-state index contributed by atoms with van der Waals surface area (Å²) in [6.07, 6.45) is 7.73. The zero-order chi connectivity index (χ0) is 32.8. The van der Waals surface area contributed by atoms with E-state index in [9.17, 15) is 14.7 Å². The molecule has 4 fully saturated rings. The molecule has 1 aromatic heterocycles. The van der Waals surface area contributed by atoms with E-state index in [0.717, 1.165) is 96.1 Å². The Bertz CT molecular complexity index is 1280. The maximum Gasteiger partial charge on any atom is 0.155 e. The molecule has 254 valence electrons. The lowest BCUT2D eigenvalue weighted by Gasteiger charge is -2.59. The monoisotopic (exact) mass is 633 g/mol. The number of piperazine rings is 1. The first-order chi connectivity index (χ1) is 22.1. The maximum absolute atomic E-state index is 14.1. The molecule has 8 nitrogen and oxygen atoms in total. The van der Waals surface area contributed by atoms with Gasteiger partial charge in [0, 0.05) is 82.5 Å². The first-order valence-electron chi connectivity index (χ1n) is 18.5. The molecule has 4 aliphatic carbocycles. The van der Waals surface area contributed by atoms with Crippen molar-refractivity contribution in [3.8, 4) is 0 Å². The molecule has 0 bridgehead atoms. The van der Waals surface area contributed by atoms with Gasteiger partial charge in [-0.1, -0.05) is 19.4 Å². The van der Waals surface area contributed by atoms with Crippen LogP contribution in [0, 0.1) is 34.5 Å². The molecule has 0 radical (unpaired) electrons. The van der Waals surface area contributed by atoms with Crippen molar-refractivity contribution in [3.05, 3.63) is 23.8 Å². The fraction of sp³-hybridized carbons (Fsp3) is 0.763. The van der Waals surface area contributed by atoms with E-state index in [1.54, 1.807) is 0 Å². The second kappa shape index (κ2) is 13.2. The van der Waals surface area contributed by atoms with Crippen molar-refractivity contribution >= 4 is 28.9 Å². The summed E-state index contributed by atoms with van der Waals surface area (Å²) in [5.74, 6) is 3.87. The Hall–Kier alpha value is -2.45. The van der Waals surface area contributed by atoms with Crippen molar-refractivity contribution in [1.82, 2.24) is 9.88 Å². The normalized spacial score (nSPS) is 34.4. The van der Waals surface area contributed by atoms with Crippen LogP contribution >= 0.6 is 0 Å². The third-order valence-corrected chi connectivity index (χ3v) is 13.4. The van der Waals surface area contributed by atoms with Crippen molar-refractivity contribution < 1.29 is 14.7 Å². The number of allylic oxidation sites excluding steroid dienone is 1. The van der Waals surface area contributed by atoms with Gasteiger partial charge in [-0.15, -0.1) is 0 Å². The number of carbonyl (C=O) groups is 2. The Labute approximate surface area is 277 Å². The predicted molar refractivity (Wildman–Crippen MR) is 187 cm³/mol. The zero-order valence-corrected chi connectivity index (χ0v) is 29.4. The highest BCUT2D eigenvalue weighted by atomic mass is 16.3. The summed E-state index contributed by atoms with van der Waals surface area (Å²) in [6.45, 7) is 21.2. The topological polar surface area (TPSA) is 80.2 Å². The van der Waals surface area contributed by atoms with E-state index in [-0.39, 0.29) is 28.4 Å². The number of aliphatic hydroxyl groups excluding tert-OH is 1. The number of carbonyl (C=O) groups excluding carboxylic acids is 2. The van der Waals surface area contributed by atoms with Crippen LogP contribution in [0.4, 0.5) is 17.3 Å². The van der Waals surface area contributed by atoms with E-state index < -0.39 is 6.10 Å². The van der Waals surface area contributed by atoms with Crippen molar-refractivity contribution in [3.63, 3.8) is 0 Å². The van der Waals surface area contributed by atoms with Gasteiger partial charge in [0.1, 0.15) is 17.4 Å². The number of Topliss-reactive ketones (excluding diaryl/α,β-unsaturated/α-hetero) is 1. The Kier molecular flexibility index (Phi) is 9.61. The molecular formula is C38H59N5O3. The standard InChI is InChI=1S/C38H59N5O3/c1-7-41(8-2)34-22-27(23-35(39-34)42(9-3)10-4)43-19-17-40(18-20-43)25-33(46)31-14-13-30-29-12-11-26-21-28(44)15-16-37(26,5)36(29)32(45)24-38(30,31)6/h21-23,29-32,36,45H,7-20,24-25H2,1-6H3/t29-,30-,31+,32+,36+,37-,38-/m0/s1. The summed E-state index contributed by atoms with van der Waals surface area (Å²) in [6, 6.07) is 4.50. The van der Waals surface area contributed by atoms with Gasteiger partial charge in [-0.2, -0.15) is 0 Å². The van der Waals surface area contributed by atoms with Gasteiger partial charge in [-0.3, -0.25) is 14.5 Å². The van der Waals surface area contributed by atoms with Gasteiger partial charge in [0.15, 0.2) is 5.78 Å². The van der Waals surface area contributed by atoms with Crippen LogP contribution in [-0.4, -0.2) is 91.6 Å². The van der Waals surface area contributed by atoms with Crippen molar-refractivity contribution in [2.75, 3.05) is 73.6 Å². The third kappa shape index (κ3) is 5.80. The number of hydrogen-bond donors (Lipinski definition) is 1. The van der Waals surface area contributed by atoms with Crippen molar-refractivity contribution in [1.29, 1.82) is 0 Å². The molecule has 5 aliphatic rings. The first-order valence-corrected chi connectivity index (χ1v) is 18.5. The lowest BCUT2D eigenvalue weighted by molar-refractivity contribution is -0.145. The lowest BCUT2D eigenvalue weighted by Crippen LogP contribution is -2.57. The van der Waals surface area contributed by atoms with Crippen LogP contribution < -0.4 is 14.7 Å². The average Bonchev–Trinajstić information content (AvgIpc) is 3.39. The lowest BCUT2D eigenvalue weighted by atomic mass is 9.46. The van der Waals surface area contributed by atoms with Gasteiger partial charge >= 0.3 is 0 Å². The highest BCUT2D eigenvalue weighted by molar-refractivity contribution is 5.91. The van der Waals surface area contributed by atoms with Gasteiger partial charge in [0.25, 0.3) is 0 Å². The fourth-order valence-electron chi connectivity index (χ4n) is 10.8. The molecule has 7 atom stereocenters. The number of hydrogen-bond acceptors (Lipinski definition) is 8. The molecule has 3 saturated carbocycles. The molecule has 1 aromatic rings. The average molecular weight is 634 g/mol. The molecule has 2 heterocycles. The highest BCUT2D eigenvalue weighted by Gasteiger charge is 2.62. The molecule has 8 heteroatoms. The summed E-state index contributed by atoms with van der Waals surface area (Å²) in [4.78, 5) is 40.9. The largest absolute Gasteiger partial charge is 0.393 e. The first kappa shape index (κ1) is 33.5. The number of fused-ring (bicyclic) bond motifs is 5. The van der Waals surface area contributed by atoms with Crippen LogP contribution in [0.1, 0.15) is 86.5 Å². The molecule has 0 aromatic carbocycles.